The molecule has 1 aromatic rings. The zero-order valence-corrected chi connectivity index (χ0v) is 8.02. The van der Waals surface area contributed by atoms with Gasteiger partial charge in [0, 0.05) is 21.3 Å². The third-order valence-electron chi connectivity index (χ3n) is 0.880. The van der Waals surface area contributed by atoms with Gasteiger partial charge in [-0.05, 0) is 12.1 Å². The van der Waals surface area contributed by atoms with Gasteiger partial charge in [-0.25, -0.2) is 0 Å². The third-order valence-corrected chi connectivity index (χ3v) is 2.03. The Labute approximate surface area is 67.4 Å². The Morgan fingerprint density at radius 3 is 1.36 bits per heavy atom. The summed E-state index contributed by atoms with van der Waals surface area (Å²) in [6, 6.07) is 3.06. The van der Waals surface area contributed by atoms with E-state index in [-0.39, 0.29) is 5.43 Å². The normalized spacial score (nSPS) is 9.82. The predicted molar refractivity (Wildman–Crippen MR) is 43.3 cm³/mol. The van der Waals surface area contributed by atoms with Gasteiger partial charge in [0.2, 0.25) is 0 Å². The zero-order valence-electron chi connectivity index (χ0n) is 6.87. The van der Waals surface area contributed by atoms with Gasteiger partial charge >= 0.3 is 9.53 Å². The minimum absolute atomic E-state index is 0.167. The first-order chi connectivity index (χ1) is 5.24. The fourth-order valence-corrected chi connectivity index (χ4v) is 0.900. The molecule has 0 heterocycles. The Kier molecular flexibility index (Phi) is 5.95. The fourth-order valence-electron chi connectivity index (χ4n) is 0.323. The number of hydrogen-bond acceptors (Lipinski definition) is 4. The van der Waals surface area contributed by atoms with E-state index < -0.39 is 9.53 Å². The highest BCUT2D eigenvalue weighted by Crippen LogP contribution is 1.81. The molecule has 0 fully saturated rings. The van der Waals surface area contributed by atoms with Gasteiger partial charge in [-0.15, -0.1) is 0 Å². The summed E-state index contributed by atoms with van der Waals surface area (Å²) in [6.45, 7) is 0. The lowest BCUT2D eigenvalue weighted by atomic mass is 11.1. The van der Waals surface area contributed by atoms with Crippen LogP contribution in [0.1, 0.15) is 0 Å². The van der Waals surface area contributed by atoms with Crippen LogP contribution in [0.5, 0.6) is 0 Å². The Hall–Kier alpha value is -0.493. The van der Waals surface area contributed by atoms with Crippen LogP contribution in [0.25, 0.3) is 0 Å². The van der Waals surface area contributed by atoms with Crippen LogP contribution < -0.4 is 5.43 Å². The van der Waals surface area contributed by atoms with Crippen molar-refractivity contribution in [2.24, 2.45) is 0 Å². The van der Waals surface area contributed by atoms with Gasteiger partial charge in [-0.2, -0.15) is 0 Å². The Balaban J connectivity index is 0.000000207. The highest BCUT2D eigenvalue weighted by atomic mass is 28.3. The Morgan fingerprint density at radius 2 is 1.36 bits per heavy atom. The van der Waals surface area contributed by atoms with E-state index in [1.54, 1.807) is 21.3 Å². The second-order valence-electron chi connectivity index (χ2n) is 1.73. The molecule has 0 N–H and O–H groups in total. The first-order valence-corrected chi connectivity index (χ1v) is 4.46. The van der Waals surface area contributed by atoms with Gasteiger partial charge in [0.1, 0.15) is 0 Å². The fraction of sp³-hybridized carbons (Fsp3) is 0.500. The molecule has 0 aliphatic carbocycles. The molecule has 0 aliphatic rings. The van der Waals surface area contributed by atoms with E-state index in [2.05, 4.69) is 0 Å². The lowest BCUT2D eigenvalue weighted by Gasteiger charge is -2.05. The summed E-state index contributed by atoms with van der Waals surface area (Å²) in [6.07, 6.45) is 0. The van der Waals surface area contributed by atoms with Gasteiger partial charge in [0.25, 0.3) is 0 Å². The highest BCUT2D eigenvalue weighted by Gasteiger charge is 2.04. The molecule has 0 spiro atoms. The minimum Gasteiger partial charge on any atom is -0.379 e. The molecule has 0 saturated heterocycles. The number of rotatable bonds is 3. The van der Waals surface area contributed by atoms with Crippen LogP contribution in [0.3, 0.4) is 0 Å². The first kappa shape index (κ1) is 10.5. The molecule has 0 radical (unpaired) electrons. The van der Waals surface area contributed by atoms with E-state index in [1.807, 2.05) is 0 Å². The van der Waals surface area contributed by atoms with Crippen molar-refractivity contribution in [3.8, 4) is 0 Å². The monoisotopic (exact) mass is 176 g/mol. The smallest absolute Gasteiger partial charge is 0.379 e. The molecule has 0 amide bonds. The maximum Gasteiger partial charge on any atom is 0.483 e. The molecule has 5 heteroatoms. The lowest BCUT2D eigenvalue weighted by Crippen LogP contribution is -2.21. The quantitative estimate of drug-likeness (QED) is 0.586. The summed E-state index contributed by atoms with van der Waals surface area (Å²) in [5, 5.41) is 0. The van der Waals surface area contributed by atoms with Gasteiger partial charge in [0.15, 0.2) is 5.43 Å². The summed E-state index contributed by atoms with van der Waals surface area (Å²) in [5.74, 6) is 0. The molecule has 0 aromatic heterocycles. The van der Waals surface area contributed by atoms with E-state index in [1.165, 1.54) is 12.1 Å². The van der Waals surface area contributed by atoms with Crippen LogP contribution in [-0.4, -0.2) is 30.9 Å². The van der Waals surface area contributed by atoms with Gasteiger partial charge in [0.05, 0.1) is 0 Å². The molecular formula is C6H12O4Si. The van der Waals surface area contributed by atoms with Crippen LogP contribution >= 0.6 is 0 Å². The summed E-state index contributed by atoms with van der Waals surface area (Å²) >= 11 is 0. The van der Waals surface area contributed by atoms with Crippen LogP contribution in [0, 0.1) is 0 Å². The Bertz CT molecular complexity index is 161. The van der Waals surface area contributed by atoms with E-state index in [9.17, 15) is 4.79 Å². The third kappa shape index (κ3) is 7.40. The van der Waals surface area contributed by atoms with Crippen molar-refractivity contribution in [1.29, 1.82) is 0 Å². The second-order valence-corrected chi connectivity index (χ2v) is 3.72. The predicted octanol–water partition coefficient (Wildman–Crippen LogP) is -0.435. The van der Waals surface area contributed by atoms with Gasteiger partial charge in [-0.1, -0.05) is 0 Å². The van der Waals surface area contributed by atoms with Crippen LogP contribution in [0.2, 0.25) is 0 Å². The van der Waals surface area contributed by atoms with Crippen LogP contribution in [0.4, 0.5) is 0 Å². The van der Waals surface area contributed by atoms with Crippen molar-refractivity contribution >= 4 is 9.53 Å². The molecule has 0 atom stereocenters. The Morgan fingerprint density at radius 1 is 1.09 bits per heavy atom. The van der Waals surface area contributed by atoms with E-state index in [4.69, 9.17) is 13.3 Å². The van der Waals surface area contributed by atoms with E-state index >= 15 is 0 Å². The standard InChI is InChI=1S/C3H10O3Si.C3H2O/c1-4-7(5-2)6-3;4-3-1-2-3/h7H,1-3H3;1-2H. The van der Waals surface area contributed by atoms with Crippen LogP contribution in [-0.2, 0) is 13.3 Å². The average Bonchev–Trinajstić information content (AvgIpc) is 2.77. The molecule has 0 aliphatic heterocycles. The van der Waals surface area contributed by atoms with Gasteiger partial charge in [-0.3, -0.25) is 4.79 Å². The summed E-state index contributed by atoms with van der Waals surface area (Å²) in [4.78, 5) is 9.44. The van der Waals surface area contributed by atoms with Crippen molar-refractivity contribution in [2.45, 2.75) is 0 Å². The van der Waals surface area contributed by atoms with Gasteiger partial charge < -0.3 is 13.3 Å². The van der Waals surface area contributed by atoms with Crippen molar-refractivity contribution in [1.82, 2.24) is 0 Å². The topological polar surface area (TPSA) is 44.8 Å². The van der Waals surface area contributed by atoms with Crippen molar-refractivity contribution in [2.75, 3.05) is 21.3 Å². The second kappa shape index (κ2) is 6.23. The zero-order chi connectivity index (χ0) is 8.69. The molecule has 0 unspecified atom stereocenters. The molecule has 11 heavy (non-hydrogen) atoms. The van der Waals surface area contributed by atoms with E-state index in [0.29, 0.717) is 0 Å². The highest BCUT2D eigenvalue weighted by molar-refractivity contribution is 6.36. The maximum absolute atomic E-state index is 9.44. The molecular weight excluding hydrogens is 164 g/mol. The first-order valence-electron chi connectivity index (χ1n) is 3.05. The summed E-state index contributed by atoms with van der Waals surface area (Å²) in [5.41, 5.74) is 0.167. The average molecular weight is 176 g/mol. The molecule has 1 rings (SSSR count). The molecule has 1 aromatic carbocycles. The maximum atomic E-state index is 9.44. The minimum atomic E-state index is -1.67. The van der Waals surface area contributed by atoms with Crippen molar-refractivity contribution in [3.05, 3.63) is 22.4 Å². The summed E-state index contributed by atoms with van der Waals surface area (Å²) in [7, 11) is 3.05. The van der Waals surface area contributed by atoms with Crippen molar-refractivity contribution < 1.29 is 13.3 Å². The number of hydrogen-bond donors (Lipinski definition) is 0. The lowest BCUT2D eigenvalue weighted by molar-refractivity contribution is 0.163. The molecule has 4 nitrogen and oxygen atoms in total. The molecule has 0 bridgehead atoms. The SMILES string of the molecule is CO[SiH](OC)OC.O=c1cc1. The molecule has 0 saturated carbocycles. The van der Waals surface area contributed by atoms with E-state index in [0.717, 1.165) is 0 Å². The van der Waals surface area contributed by atoms with Crippen LogP contribution in [0.15, 0.2) is 16.9 Å². The van der Waals surface area contributed by atoms with Crippen molar-refractivity contribution in [3.63, 3.8) is 0 Å². The molecule has 64 valence electrons. The summed E-state index contributed by atoms with van der Waals surface area (Å²) < 4.78 is 14.2. The largest absolute Gasteiger partial charge is 0.483 e.